The van der Waals surface area contributed by atoms with Crippen molar-refractivity contribution in [3.05, 3.63) is 90.8 Å². The van der Waals surface area contributed by atoms with Gasteiger partial charge in [0.2, 0.25) is 5.91 Å². The van der Waals surface area contributed by atoms with Gasteiger partial charge in [-0.15, -0.1) is 0 Å². The first-order valence-corrected chi connectivity index (χ1v) is 21.6. The first-order valence-electron chi connectivity index (χ1n) is 20.5. The molecule has 21 heteroatoms. The summed E-state index contributed by atoms with van der Waals surface area (Å²) in [5, 5.41) is 15.4. The average molecular weight is 947 g/mol. The number of esters is 2. The molecule has 0 radical (unpaired) electrons. The van der Waals surface area contributed by atoms with E-state index >= 15 is 0 Å². The normalized spacial score (nSPS) is 15.3. The minimum atomic E-state index is -0.350. The summed E-state index contributed by atoms with van der Waals surface area (Å²) in [4.78, 5) is 60.0. The number of pyridine rings is 4. The number of aromatic hydroxyl groups is 1. The fourth-order valence-electron chi connectivity index (χ4n) is 6.26. The van der Waals surface area contributed by atoms with Crippen LogP contribution in [0.3, 0.4) is 0 Å². The lowest BCUT2D eigenvalue weighted by Gasteiger charge is -2.34. The standard InChI is InChI=1S/C16H18FN5O2.C13H18FN3O2.C9H12FN3.C4H7BrO2/c17-12-1-4-15(19-9-12)22-7-5-21(6-8-22)11-16(24)20-14-3-2-13(23)10-18-14;1-2-19-13(18)10-16-5-7-17(8-6-16)12-4-3-11(14)9-15-12;10-8-1-2-9(12-7-8)13-5-3-11-4-6-13;1-2-7-4(6)3-5/h1-4,9-10,23H,5-8,11H2,(H,18,20,24);3-4,9H,2,5-8,10H2,1H3;1-2,7,11H,3-6H2;2-3H2,1H3. The summed E-state index contributed by atoms with van der Waals surface area (Å²) in [6.07, 6.45) is 4.97. The Morgan fingerprint density at radius 2 is 1.06 bits per heavy atom. The Morgan fingerprint density at radius 1 is 0.619 bits per heavy atom. The van der Waals surface area contributed by atoms with Gasteiger partial charge in [0.25, 0.3) is 0 Å². The monoisotopic (exact) mass is 945 g/mol. The summed E-state index contributed by atoms with van der Waals surface area (Å²) < 4.78 is 47.7. The van der Waals surface area contributed by atoms with Crippen LogP contribution in [0, 0.1) is 17.5 Å². The van der Waals surface area contributed by atoms with Gasteiger partial charge in [-0.25, -0.2) is 33.1 Å². The lowest BCUT2D eigenvalue weighted by molar-refractivity contribution is -0.144. The van der Waals surface area contributed by atoms with Crippen LogP contribution in [-0.2, 0) is 23.9 Å². The fraction of sp³-hybridized carbons (Fsp3) is 0.452. The quantitative estimate of drug-likeness (QED) is 0.147. The van der Waals surface area contributed by atoms with Crippen LogP contribution in [0.15, 0.2) is 73.3 Å². The van der Waals surface area contributed by atoms with Gasteiger partial charge in [0.05, 0.1) is 51.1 Å². The maximum absolute atomic E-state index is 12.9. The van der Waals surface area contributed by atoms with Crippen molar-refractivity contribution in [2.24, 2.45) is 0 Å². The van der Waals surface area contributed by atoms with Crippen molar-refractivity contribution in [3.63, 3.8) is 0 Å². The van der Waals surface area contributed by atoms with Gasteiger partial charge in [0.15, 0.2) is 0 Å². The zero-order valence-electron chi connectivity index (χ0n) is 35.5. The zero-order valence-corrected chi connectivity index (χ0v) is 37.1. The molecule has 17 nitrogen and oxygen atoms in total. The third-order valence-corrected chi connectivity index (χ3v) is 9.88. The second-order valence-corrected chi connectivity index (χ2v) is 14.5. The molecular weight excluding hydrogens is 891 g/mol. The van der Waals surface area contributed by atoms with Crippen molar-refractivity contribution in [2.75, 3.05) is 130 Å². The van der Waals surface area contributed by atoms with Gasteiger partial charge in [0.1, 0.15) is 51.8 Å². The third-order valence-electron chi connectivity index (χ3n) is 9.42. The summed E-state index contributed by atoms with van der Waals surface area (Å²) in [5.41, 5.74) is 0. The van der Waals surface area contributed by atoms with Gasteiger partial charge in [-0.05, 0) is 62.4 Å². The predicted molar refractivity (Wildman–Crippen MR) is 237 cm³/mol. The van der Waals surface area contributed by atoms with Crippen LogP contribution in [-0.4, -0.2) is 163 Å². The van der Waals surface area contributed by atoms with Crippen LogP contribution in [0.4, 0.5) is 36.4 Å². The average Bonchev–Trinajstić information content (AvgIpc) is 3.30. The van der Waals surface area contributed by atoms with E-state index in [1.165, 1.54) is 49.1 Å². The molecule has 3 aliphatic rings. The molecule has 0 unspecified atom stereocenters. The Balaban J connectivity index is 0.000000199. The molecule has 3 N–H and O–H groups in total. The van der Waals surface area contributed by atoms with E-state index in [2.05, 4.69) is 70.8 Å². The third kappa shape index (κ3) is 18.7. The predicted octanol–water partition coefficient (Wildman–Crippen LogP) is 3.56. The molecule has 0 bridgehead atoms. The van der Waals surface area contributed by atoms with E-state index < -0.39 is 0 Å². The Labute approximate surface area is 373 Å². The highest BCUT2D eigenvalue weighted by atomic mass is 79.9. The van der Waals surface area contributed by atoms with Crippen LogP contribution in [0.25, 0.3) is 0 Å². The number of aromatic nitrogens is 4. The van der Waals surface area contributed by atoms with Crippen molar-refractivity contribution < 1.29 is 42.1 Å². The summed E-state index contributed by atoms with van der Waals surface area (Å²) in [7, 11) is 0. The molecule has 0 saturated carbocycles. The van der Waals surface area contributed by atoms with Crippen molar-refractivity contribution in [2.45, 2.75) is 13.8 Å². The summed E-state index contributed by atoms with van der Waals surface area (Å²) in [6.45, 7) is 14.9. The lowest BCUT2D eigenvalue weighted by atomic mass is 10.3. The number of carbonyl (C=O) groups excluding carboxylic acids is 3. The van der Waals surface area contributed by atoms with Gasteiger partial charge in [0, 0.05) is 78.5 Å². The second-order valence-electron chi connectivity index (χ2n) is 14.0. The SMILES string of the molecule is CCOC(=O)CBr.CCOC(=O)CN1CCN(c2ccc(F)cn2)CC1.Fc1ccc(N2CCNCC2)nc1.O=C(CN1CCN(c2ccc(F)cn2)CC1)Nc1ccc(O)cn1. The highest BCUT2D eigenvalue weighted by molar-refractivity contribution is 9.09. The summed E-state index contributed by atoms with van der Waals surface area (Å²) in [6, 6.07) is 12.3. The topological polar surface area (TPSA) is 182 Å². The molecule has 0 spiro atoms. The summed E-state index contributed by atoms with van der Waals surface area (Å²) >= 11 is 2.94. The van der Waals surface area contributed by atoms with Gasteiger partial charge < -0.3 is 39.9 Å². The van der Waals surface area contributed by atoms with Crippen LogP contribution in [0.1, 0.15) is 13.8 Å². The molecule has 3 aliphatic heterocycles. The van der Waals surface area contributed by atoms with Gasteiger partial charge >= 0.3 is 11.9 Å². The number of hydrogen-bond donors (Lipinski definition) is 3. The Kier molecular flexibility index (Phi) is 21.8. The molecule has 3 fully saturated rings. The molecular formula is C42H55BrF3N11O6. The number of amides is 1. The van der Waals surface area contributed by atoms with E-state index in [0.29, 0.717) is 30.9 Å². The van der Waals surface area contributed by atoms with Crippen LogP contribution < -0.4 is 25.3 Å². The van der Waals surface area contributed by atoms with Crippen LogP contribution >= 0.6 is 15.9 Å². The lowest BCUT2D eigenvalue weighted by Crippen LogP contribution is -2.49. The number of nitrogens with zero attached hydrogens (tertiary/aromatic N) is 9. The molecule has 7 heterocycles. The largest absolute Gasteiger partial charge is 0.506 e. The number of halogens is 4. The van der Waals surface area contributed by atoms with E-state index in [4.69, 9.17) is 4.74 Å². The van der Waals surface area contributed by atoms with E-state index in [9.17, 15) is 32.7 Å². The highest BCUT2D eigenvalue weighted by Crippen LogP contribution is 2.16. The Bertz CT molecular complexity index is 1940. The maximum Gasteiger partial charge on any atom is 0.320 e. The van der Waals surface area contributed by atoms with Gasteiger partial charge in [-0.3, -0.25) is 24.2 Å². The molecule has 4 aromatic rings. The number of piperazine rings is 3. The first-order chi connectivity index (χ1) is 30.5. The number of alkyl halides is 1. The zero-order chi connectivity index (χ0) is 45.4. The van der Waals surface area contributed by atoms with Crippen molar-refractivity contribution in [3.8, 4) is 5.75 Å². The summed E-state index contributed by atoms with van der Waals surface area (Å²) in [5.74, 6) is 1.35. The number of hydrogen-bond acceptors (Lipinski definition) is 16. The van der Waals surface area contributed by atoms with Crippen molar-refractivity contribution in [1.82, 2.24) is 35.1 Å². The minimum absolute atomic E-state index is 0.0542. The molecule has 342 valence electrons. The number of carbonyl (C=O) groups is 3. The van der Waals surface area contributed by atoms with E-state index in [1.807, 2.05) is 4.90 Å². The molecule has 4 aromatic heterocycles. The second kappa shape index (κ2) is 27.4. The van der Waals surface area contributed by atoms with Gasteiger partial charge in [-0.2, -0.15) is 0 Å². The van der Waals surface area contributed by atoms with Gasteiger partial charge in [-0.1, -0.05) is 15.9 Å². The molecule has 0 aromatic carbocycles. The van der Waals surface area contributed by atoms with Crippen LogP contribution in [0.5, 0.6) is 5.75 Å². The Hall–Kier alpha value is -5.64. The molecule has 0 atom stereocenters. The van der Waals surface area contributed by atoms with E-state index in [1.54, 1.807) is 38.1 Å². The van der Waals surface area contributed by atoms with Crippen LogP contribution in [0.2, 0.25) is 0 Å². The Morgan fingerprint density at radius 3 is 1.44 bits per heavy atom. The maximum atomic E-state index is 12.9. The smallest absolute Gasteiger partial charge is 0.320 e. The fourth-order valence-corrected chi connectivity index (χ4v) is 6.43. The number of nitrogens with one attached hydrogen (secondary N) is 2. The van der Waals surface area contributed by atoms with E-state index in [0.717, 1.165) is 96.0 Å². The molecule has 7 rings (SSSR count). The number of ether oxygens (including phenoxy) is 2. The molecule has 63 heavy (non-hydrogen) atoms. The minimum Gasteiger partial charge on any atom is -0.506 e. The number of rotatable bonds is 11. The first kappa shape index (κ1) is 50.0. The molecule has 0 aliphatic carbocycles. The van der Waals surface area contributed by atoms with Crippen molar-refractivity contribution >= 4 is 57.0 Å². The highest BCUT2D eigenvalue weighted by Gasteiger charge is 2.21. The van der Waals surface area contributed by atoms with Crippen molar-refractivity contribution in [1.29, 1.82) is 0 Å². The molecule has 3 saturated heterocycles. The molecule has 1 amide bonds. The number of anilines is 4. The van der Waals surface area contributed by atoms with E-state index in [-0.39, 0.29) is 47.6 Å².